The molecule has 1 aliphatic heterocycles. The Morgan fingerprint density at radius 3 is 3.06 bits per heavy atom. The van der Waals surface area contributed by atoms with E-state index in [2.05, 4.69) is 22.9 Å². The molecule has 1 fully saturated rings. The van der Waals surface area contributed by atoms with E-state index in [-0.39, 0.29) is 6.04 Å². The van der Waals surface area contributed by atoms with Crippen LogP contribution in [0.2, 0.25) is 0 Å². The molecular weight excluding hydrogens is 198 g/mol. The van der Waals surface area contributed by atoms with Crippen molar-refractivity contribution >= 4 is 5.82 Å². The standard InChI is InChI=1S/C13H21N3/c1-10-4-3-7-16(9-10)13-8-12(11(2)14)5-6-15-13/h5-6,8,10-11H,3-4,7,9,14H2,1-2H3/t10?,11-/m1/s1. The molecule has 1 aromatic heterocycles. The molecule has 16 heavy (non-hydrogen) atoms. The van der Waals surface area contributed by atoms with Crippen LogP contribution in [0.25, 0.3) is 0 Å². The summed E-state index contributed by atoms with van der Waals surface area (Å²) in [5.41, 5.74) is 7.06. The molecule has 88 valence electrons. The number of aromatic nitrogens is 1. The molecule has 0 saturated carbocycles. The maximum atomic E-state index is 5.89. The fourth-order valence-electron chi connectivity index (χ4n) is 2.29. The van der Waals surface area contributed by atoms with Crippen LogP contribution in [-0.4, -0.2) is 18.1 Å². The average Bonchev–Trinajstić information content (AvgIpc) is 2.29. The fourth-order valence-corrected chi connectivity index (χ4v) is 2.29. The summed E-state index contributed by atoms with van der Waals surface area (Å²) in [7, 11) is 0. The maximum Gasteiger partial charge on any atom is 0.128 e. The van der Waals surface area contributed by atoms with Crippen LogP contribution in [0.1, 0.15) is 38.3 Å². The van der Waals surface area contributed by atoms with Crippen molar-refractivity contribution in [2.45, 2.75) is 32.7 Å². The monoisotopic (exact) mass is 219 g/mol. The minimum atomic E-state index is 0.0870. The van der Waals surface area contributed by atoms with Crippen molar-refractivity contribution in [1.82, 2.24) is 4.98 Å². The Labute approximate surface area is 97.7 Å². The zero-order valence-electron chi connectivity index (χ0n) is 10.2. The lowest BCUT2D eigenvalue weighted by Gasteiger charge is -2.32. The zero-order chi connectivity index (χ0) is 11.5. The SMILES string of the molecule is CC1CCCN(c2cc([C@@H](C)N)ccn2)C1. The second kappa shape index (κ2) is 4.83. The molecule has 1 aromatic rings. The van der Waals surface area contributed by atoms with Crippen LogP contribution >= 0.6 is 0 Å². The maximum absolute atomic E-state index is 5.89. The van der Waals surface area contributed by atoms with E-state index in [1.807, 2.05) is 19.2 Å². The molecule has 1 unspecified atom stereocenters. The normalized spacial score (nSPS) is 23.2. The van der Waals surface area contributed by atoms with E-state index in [1.54, 1.807) is 0 Å². The predicted octanol–water partition coefficient (Wildman–Crippen LogP) is 2.34. The summed E-state index contributed by atoms with van der Waals surface area (Å²) in [5.74, 6) is 1.86. The van der Waals surface area contributed by atoms with Gasteiger partial charge in [0.15, 0.2) is 0 Å². The molecule has 0 radical (unpaired) electrons. The minimum Gasteiger partial charge on any atom is -0.356 e. The zero-order valence-corrected chi connectivity index (χ0v) is 10.2. The van der Waals surface area contributed by atoms with Crippen LogP contribution < -0.4 is 10.6 Å². The Bertz CT molecular complexity index is 349. The van der Waals surface area contributed by atoms with Gasteiger partial charge in [0.05, 0.1) is 0 Å². The van der Waals surface area contributed by atoms with Gasteiger partial charge >= 0.3 is 0 Å². The molecule has 3 nitrogen and oxygen atoms in total. The summed E-state index contributed by atoms with van der Waals surface area (Å²) in [5, 5.41) is 0. The van der Waals surface area contributed by atoms with Crippen LogP contribution in [0.5, 0.6) is 0 Å². The van der Waals surface area contributed by atoms with Crippen LogP contribution in [0.15, 0.2) is 18.3 Å². The number of hydrogen-bond acceptors (Lipinski definition) is 3. The van der Waals surface area contributed by atoms with Crippen LogP contribution in [-0.2, 0) is 0 Å². The minimum absolute atomic E-state index is 0.0870. The lowest BCUT2D eigenvalue weighted by molar-refractivity contribution is 0.444. The van der Waals surface area contributed by atoms with E-state index in [1.165, 1.54) is 18.4 Å². The number of nitrogens with zero attached hydrogens (tertiary/aromatic N) is 2. The summed E-state index contributed by atoms with van der Waals surface area (Å²) in [6, 6.07) is 4.22. The van der Waals surface area contributed by atoms with Gasteiger partial charge in [-0.3, -0.25) is 0 Å². The summed E-state index contributed by atoms with van der Waals surface area (Å²) in [4.78, 5) is 6.83. The second-order valence-electron chi connectivity index (χ2n) is 4.93. The smallest absolute Gasteiger partial charge is 0.128 e. The van der Waals surface area contributed by atoms with Crippen molar-refractivity contribution in [1.29, 1.82) is 0 Å². The van der Waals surface area contributed by atoms with Crippen LogP contribution in [0.4, 0.5) is 5.82 Å². The van der Waals surface area contributed by atoms with Gasteiger partial charge in [0, 0.05) is 25.3 Å². The van der Waals surface area contributed by atoms with Crippen LogP contribution in [0, 0.1) is 5.92 Å². The molecule has 2 N–H and O–H groups in total. The number of piperidine rings is 1. The molecule has 0 amide bonds. The van der Waals surface area contributed by atoms with Gasteiger partial charge in [0.1, 0.15) is 5.82 Å². The molecule has 1 saturated heterocycles. The Hall–Kier alpha value is -1.09. The number of pyridine rings is 1. The van der Waals surface area contributed by atoms with Crippen molar-refractivity contribution in [3.63, 3.8) is 0 Å². The Morgan fingerprint density at radius 2 is 2.38 bits per heavy atom. The van der Waals surface area contributed by atoms with Crippen molar-refractivity contribution < 1.29 is 0 Å². The summed E-state index contributed by atoms with van der Waals surface area (Å²) >= 11 is 0. The van der Waals surface area contributed by atoms with Gasteiger partial charge in [-0.25, -0.2) is 4.98 Å². The number of anilines is 1. The quantitative estimate of drug-likeness (QED) is 0.830. The highest BCUT2D eigenvalue weighted by atomic mass is 15.2. The largest absolute Gasteiger partial charge is 0.356 e. The van der Waals surface area contributed by atoms with E-state index in [4.69, 9.17) is 5.73 Å². The molecule has 0 aromatic carbocycles. The van der Waals surface area contributed by atoms with Crippen molar-refractivity contribution in [3.05, 3.63) is 23.9 Å². The van der Waals surface area contributed by atoms with Crippen molar-refractivity contribution in [2.75, 3.05) is 18.0 Å². The molecule has 0 spiro atoms. The van der Waals surface area contributed by atoms with E-state index < -0.39 is 0 Å². The van der Waals surface area contributed by atoms with Gasteiger partial charge in [-0.15, -0.1) is 0 Å². The van der Waals surface area contributed by atoms with Crippen molar-refractivity contribution in [2.24, 2.45) is 11.7 Å². The third-order valence-electron chi connectivity index (χ3n) is 3.28. The lowest BCUT2D eigenvalue weighted by atomic mass is 10.00. The van der Waals surface area contributed by atoms with Gasteiger partial charge in [0.25, 0.3) is 0 Å². The number of hydrogen-bond donors (Lipinski definition) is 1. The predicted molar refractivity (Wildman–Crippen MR) is 67.5 cm³/mol. The average molecular weight is 219 g/mol. The van der Waals surface area contributed by atoms with E-state index in [0.717, 1.165) is 24.8 Å². The lowest BCUT2D eigenvalue weighted by Crippen LogP contribution is -2.34. The molecule has 3 heteroatoms. The molecule has 2 heterocycles. The highest BCUT2D eigenvalue weighted by Gasteiger charge is 2.17. The number of nitrogens with two attached hydrogens (primary N) is 1. The van der Waals surface area contributed by atoms with E-state index in [0.29, 0.717) is 0 Å². The second-order valence-corrected chi connectivity index (χ2v) is 4.93. The summed E-state index contributed by atoms with van der Waals surface area (Å²) in [6.45, 7) is 6.56. The first-order valence-electron chi connectivity index (χ1n) is 6.13. The van der Waals surface area contributed by atoms with Gasteiger partial charge < -0.3 is 10.6 Å². The molecular formula is C13H21N3. The first-order chi connectivity index (χ1) is 7.66. The van der Waals surface area contributed by atoms with Gasteiger partial charge in [-0.05, 0) is 43.4 Å². The highest BCUT2D eigenvalue weighted by molar-refractivity contribution is 5.42. The Morgan fingerprint density at radius 1 is 1.56 bits per heavy atom. The molecule has 2 rings (SSSR count). The number of rotatable bonds is 2. The first-order valence-corrected chi connectivity index (χ1v) is 6.13. The van der Waals surface area contributed by atoms with Gasteiger partial charge in [-0.2, -0.15) is 0 Å². The van der Waals surface area contributed by atoms with Gasteiger partial charge in [-0.1, -0.05) is 6.92 Å². The molecule has 2 atom stereocenters. The summed E-state index contributed by atoms with van der Waals surface area (Å²) < 4.78 is 0. The Balaban J connectivity index is 2.16. The van der Waals surface area contributed by atoms with Crippen molar-refractivity contribution in [3.8, 4) is 0 Å². The van der Waals surface area contributed by atoms with Gasteiger partial charge in [0.2, 0.25) is 0 Å². The van der Waals surface area contributed by atoms with E-state index >= 15 is 0 Å². The fraction of sp³-hybridized carbons (Fsp3) is 0.615. The highest BCUT2D eigenvalue weighted by Crippen LogP contribution is 2.22. The molecule has 1 aliphatic rings. The molecule has 0 bridgehead atoms. The summed E-state index contributed by atoms with van der Waals surface area (Å²) in [6.07, 6.45) is 4.47. The molecule has 0 aliphatic carbocycles. The van der Waals surface area contributed by atoms with Crippen LogP contribution in [0.3, 0.4) is 0 Å². The Kier molecular flexibility index (Phi) is 3.44. The first kappa shape index (κ1) is 11.4. The third kappa shape index (κ3) is 2.53. The topological polar surface area (TPSA) is 42.1 Å². The van der Waals surface area contributed by atoms with E-state index in [9.17, 15) is 0 Å². The third-order valence-corrected chi connectivity index (χ3v) is 3.28.